The van der Waals surface area contributed by atoms with Gasteiger partial charge in [0, 0.05) is 46.3 Å². The molecule has 0 aromatic heterocycles. The highest BCUT2D eigenvalue weighted by Crippen LogP contribution is 2.61. The maximum Gasteiger partial charge on any atom is 0.126 e. The quantitative estimate of drug-likeness (QED) is 0.220. The van der Waals surface area contributed by atoms with Crippen LogP contribution in [0.4, 0.5) is 5.69 Å². The maximum atomic E-state index is 6.76. The Morgan fingerprint density at radius 3 is 2.42 bits per heavy atom. The summed E-state index contributed by atoms with van der Waals surface area (Å²) in [6.45, 7) is 0. The van der Waals surface area contributed by atoms with E-state index in [0.717, 1.165) is 31.4 Å². The van der Waals surface area contributed by atoms with Crippen LogP contribution < -0.4 is 9.64 Å². The van der Waals surface area contributed by atoms with Crippen LogP contribution in [0.5, 0.6) is 5.75 Å². The summed E-state index contributed by atoms with van der Waals surface area (Å²) in [5.74, 6) is 3.72. The van der Waals surface area contributed by atoms with Gasteiger partial charge < -0.3 is 14.5 Å². The van der Waals surface area contributed by atoms with Crippen molar-refractivity contribution in [3.05, 3.63) is 191 Å². The minimum absolute atomic E-state index is 0.0664. The Hall–Kier alpha value is -5.28. The van der Waals surface area contributed by atoms with Gasteiger partial charge in [0.25, 0.3) is 0 Å². The number of hydrogen-bond acceptors (Lipinski definition) is 3. The maximum absolute atomic E-state index is 6.76. The molecule has 3 aromatic rings. The van der Waals surface area contributed by atoms with Crippen molar-refractivity contribution in [1.82, 2.24) is 4.90 Å². The van der Waals surface area contributed by atoms with E-state index in [1.54, 1.807) is 22.3 Å². The predicted molar refractivity (Wildman–Crippen MR) is 263 cm³/mol. The summed E-state index contributed by atoms with van der Waals surface area (Å²) in [5.41, 5.74) is 13.5. The molecule has 0 saturated heterocycles. The van der Waals surface area contributed by atoms with Crippen molar-refractivity contribution in [1.29, 1.82) is 0 Å². The van der Waals surface area contributed by atoms with Crippen LogP contribution in [0.3, 0.4) is 0 Å². The molecule has 1 fully saturated rings. The van der Waals surface area contributed by atoms with Gasteiger partial charge in [-0.05, 0) is 152 Å². The van der Waals surface area contributed by atoms with E-state index in [4.69, 9.17) is 4.74 Å². The van der Waals surface area contributed by atoms with E-state index in [1.165, 1.54) is 92.3 Å². The molecule has 324 valence electrons. The molecular weight excluding hydrogens is 777 g/mol. The van der Waals surface area contributed by atoms with Gasteiger partial charge in [0.05, 0.1) is 12.1 Å². The van der Waals surface area contributed by atoms with Crippen molar-refractivity contribution in [3.8, 4) is 16.9 Å². The van der Waals surface area contributed by atoms with Gasteiger partial charge in [0.15, 0.2) is 0 Å². The average molecular weight is 841 g/mol. The van der Waals surface area contributed by atoms with Crippen molar-refractivity contribution in [2.24, 2.45) is 23.7 Å². The van der Waals surface area contributed by atoms with Crippen LogP contribution >= 0.6 is 0 Å². The van der Waals surface area contributed by atoms with Gasteiger partial charge in [-0.1, -0.05) is 147 Å². The first-order valence-corrected chi connectivity index (χ1v) is 25.5. The molecule has 0 N–H and O–H groups in total. The third-order valence-corrected chi connectivity index (χ3v) is 17.7. The number of hydrogen-bond donors (Lipinski definition) is 0. The summed E-state index contributed by atoms with van der Waals surface area (Å²) in [6.07, 6.45) is 54.3. The van der Waals surface area contributed by atoms with Gasteiger partial charge in [-0.3, -0.25) is 0 Å². The molecule has 0 spiro atoms. The fourth-order valence-electron chi connectivity index (χ4n) is 15.0. The van der Waals surface area contributed by atoms with Gasteiger partial charge >= 0.3 is 0 Å². The molecule has 2 aliphatic heterocycles. The summed E-state index contributed by atoms with van der Waals surface area (Å²) >= 11 is 0. The fourth-order valence-corrected chi connectivity index (χ4v) is 15.0. The smallest absolute Gasteiger partial charge is 0.126 e. The Morgan fingerprint density at radius 2 is 1.55 bits per heavy atom. The van der Waals surface area contributed by atoms with Crippen molar-refractivity contribution in [2.75, 3.05) is 4.90 Å². The molecule has 64 heavy (non-hydrogen) atoms. The summed E-state index contributed by atoms with van der Waals surface area (Å²) in [5, 5.41) is 0. The molecule has 3 aromatic carbocycles. The molecular formula is C61H64N2O. The molecule has 10 aliphatic rings. The second-order valence-electron chi connectivity index (χ2n) is 20.8. The SMILES string of the molecule is C1=CCC(N2C3=C(CCC=C3)C3CC(C4C=CC(N(c5ccc6c(c5)C(C5=CCCC=C5)(C5CCCCC5)c5ccccc5-6)C5CC=CC6Oc7ccccc7C65)CC4)C=CC32)C=C1. The number of allylic oxidation sites excluding steroid dienone is 10. The Bertz CT molecular complexity index is 2610. The van der Waals surface area contributed by atoms with Crippen LogP contribution in [-0.2, 0) is 5.41 Å². The van der Waals surface area contributed by atoms with Crippen molar-refractivity contribution in [3.63, 3.8) is 0 Å². The number of ether oxygens (including phenoxy) is 1. The first kappa shape index (κ1) is 39.1. The lowest BCUT2D eigenvalue weighted by molar-refractivity contribution is 0.208. The first-order valence-electron chi connectivity index (χ1n) is 25.5. The highest BCUT2D eigenvalue weighted by molar-refractivity contribution is 5.86. The standard InChI is InChI=1S/C61H64N2O/c1-4-17-43(18-5-1)61(44-19-6-2-7-20-44)53-26-13-10-23-48(53)49-37-36-47(40-54(49)61)62(57-28-16-30-59-60(57)51-25-12-15-29-58(51)64-59)46-34-31-41(32-35-46)42-33-38-56-52(39-42)50-24-11-14-27-55(50)63(56)45-21-8-3-9-22-45/h3-4,8-10,12-18,21,23,25-27,29-31,33-34,36-38,40-42,44-46,52,56-57,59-60H,1-2,5-7,11,19-20,22,24,28,32,35,39H2. The summed E-state index contributed by atoms with van der Waals surface area (Å²) in [6, 6.07) is 27.7. The van der Waals surface area contributed by atoms with Gasteiger partial charge in [0.2, 0.25) is 0 Å². The van der Waals surface area contributed by atoms with Gasteiger partial charge in [-0.25, -0.2) is 0 Å². The Balaban J connectivity index is 0.887. The number of para-hydroxylation sites is 1. The van der Waals surface area contributed by atoms with Crippen LogP contribution in [0.25, 0.3) is 11.1 Å². The lowest BCUT2D eigenvalue weighted by atomic mass is 9.59. The highest BCUT2D eigenvalue weighted by Gasteiger charge is 2.52. The molecule has 0 bridgehead atoms. The zero-order chi connectivity index (χ0) is 42.2. The van der Waals surface area contributed by atoms with Crippen LogP contribution in [0, 0.1) is 23.7 Å². The van der Waals surface area contributed by atoms with Crippen LogP contribution in [0.2, 0.25) is 0 Å². The molecule has 2 heterocycles. The van der Waals surface area contributed by atoms with Crippen molar-refractivity contribution >= 4 is 5.69 Å². The first-order chi connectivity index (χ1) is 31.8. The van der Waals surface area contributed by atoms with Gasteiger partial charge in [-0.15, -0.1) is 0 Å². The zero-order valence-electron chi connectivity index (χ0n) is 37.5. The van der Waals surface area contributed by atoms with Gasteiger partial charge in [-0.2, -0.15) is 0 Å². The minimum Gasteiger partial charge on any atom is -0.485 e. The molecule has 0 amide bonds. The molecule has 13 rings (SSSR count). The van der Waals surface area contributed by atoms with E-state index >= 15 is 0 Å². The number of rotatable bonds is 7. The molecule has 3 heteroatoms. The largest absolute Gasteiger partial charge is 0.485 e. The van der Waals surface area contributed by atoms with E-state index in [0.29, 0.717) is 41.8 Å². The Morgan fingerprint density at radius 1 is 0.672 bits per heavy atom. The summed E-state index contributed by atoms with van der Waals surface area (Å²) in [4.78, 5) is 5.70. The van der Waals surface area contributed by atoms with E-state index in [-0.39, 0.29) is 23.5 Å². The highest BCUT2D eigenvalue weighted by atomic mass is 16.5. The summed E-state index contributed by atoms with van der Waals surface area (Å²) < 4.78 is 6.76. The molecule has 1 saturated carbocycles. The predicted octanol–water partition coefficient (Wildman–Crippen LogP) is 14.2. The normalized spacial score (nSPS) is 34.2. The number of benzene rings is 3. The number of anilines is 1. The monoisotopic (exact) mass is 841 g/mol. The molecule has 8 aliphatic carbocycles. The third kappa shape index (κ3) is 6.11. The van der Waals surface area contributed by atoms with Crippen molar-refractivity contribution in [2.45, 2.75) is 131 Å². The van der Waals surface area contributed by atoms with Gasteiger partial charge in [0.1, 0.15) is 11.9 Å². The average Bonchev–Trinajstić information content (AvgIpc) is 4.02. The second kappa shape index (κ2) is 16.0. The Labute approximate surface area is 382 Å². The molecule has 10 unspecified atom stereocenters. The number of fused-ring (bicyclic) bond motifs is 8. The van der Waals surface area contributed by atoms with E-state index < -0.39 is 0 Å². The lowest BCUT2D eigenvalue weighted by Gasteiger charge is -2.47. The molecule has 0 radical (unpaired) electrons. The zero-order valence-corrected chi connectivity index (χ0v) is 37.5. The molecule has 3 nitrogen and oxygen atoms in total. The van der Waals surface area contributed by atoms with Crippen LogP contribution in [0.1, 0.15) is 112 Å². The minimum atomic E-state index is -0.120. The van der Waals surface area contributed by atoms with Crippen molar-refractivity contribution < 1.29 is 4.74 Å². The van der Waals surface area contributed by atoms with E-state index in [1.807, 2.05) is 0 Å². The van der Waals surface area contributed by atoms with Crippen LogP contribution in [0.15, 0.2) is 175 Å². The lowest BCUT2D eigenvalue weighted by Crippen LogP contribution is -2.50. The van der Waals surface area contributed by atoms with E-state index in [9.17, 15) is 0 Å². The van der Waals surface area contributed by atoms with Crippen LogP contribution in [-0.4, -0.2) is 35.2 Å². The second-order valence-corrected chi connectivity index (χ2v) is 20.8. The summed E-state index contributed by atoms with van der Waals surface area (Å²) in [7, 11) is 0. The topological polar surface area (TPSA) is 15.7 Å². The number of nitrogens with zero attached hydrogens (tertiary/aromatic N) is 2. The van der Waals surface area contributed by atoms with E-state index in [2.05, 4.69) is 168 Å². The third-order valence-electron chi connectivity index (χ3n) is 17.7. The fraction of sp³-hybridized carbons (Fsp3) is 0.410. The Kier molecular flexibility index (Phi) is 9.78. The molecule has 10 atom stereocenters.